The Hall–Kier alpha value is -2.41. The SMILES string of the molecule is CN(Cc1ccc2c(c1)CN(Cc1c(F)cccc1Cl)CCO2)Cc1cc(C2CC2)n[nH]1. The predicted octanol–water partition coefficient (Wildman–Crippen LogP) is 5.11. The quantitative estimate of drug-likeness (QED) is 0.539. The second-order valence-corrected chi connectivity index (χ2v) is 9.37. The number of H-pyrrole nitrogens is 1. The topological polar surface area (TPSA) is 44.4 Å². The first-order valence-electron chi connectivity index (χ1n) is 11.2. The van der Waals surface area contributed by atoms with Gasteiger partial charge in [-0.05, 0) is 55.8 Å². The molecule has 0 radical (unpaired) electrons. The zero-order valence-corrected chi connectivity index (χ0v) is 19.0. The molecule has 0 spiro atoms. The maximum absolute atomic E-state index is 14.3. The van der Waals surface area contributed by atoms with Crippen LogP contribution in [0.1, 0.15) is 46.8 Å². The molecule has 7 heteroatoms. The summed E-state index contributed by atoms with van der Waals surface area (Å²) in [7, 11) is 2.12. The largest absolute Gasteiger partial charge is 0.492 e. The van der Waals surface area contributed by atoms with Crippen molar-refractivity contribution in [3.63, 3.8) is 0 Å². The summed E-state index contributed by atoms with van der Waals surface area (Å²) >= 11 is 6.25. The minimum absolute atomic E-state index is 0.262. The van der Waals surface area contributed by atoms with Gasteiger partial charge < -0.3 is 4.74 Å². The van der Waals surface area contributed by atoms with Crippen LogP contribution in [-0.4, -0.2) is 40.2 Å². The number of hydrogen-bond acceptors (Lipinski definition) is 4. The Morgan fingerprint density at radius 3 is 2.91 bits per heavy atom. The summed E-state index contributed by atoms with van der Waals surface area (Å²) in [6.07, 6.45) is 2.52. The van der Waals surface area contributed by atoms with Gasteiger partial charge in [0, 0.05) is 60.5 Å². The number of fused-ring (bicyclic) bond motifs is 1. The molecule has 168 valence electrons. The van der Waals surface area contributed by atoms with Crippen LogP contribution in [0.15, 0.2) is 42.5 Å². The number of aromatic nitrogens is 2. The van der Waals surface area contributed by atoms with Crippen molar-refractivity contribution in [1.29, 1.82) is 0 Å². The molecule has 1 aromatic heterocycles. The smallest absolute Gasteiger partial charge is 0.129 e. The average molecular weight is 455 g/mol. The van der Waals surface area contributed by atoms with E-state index in [4.69, 9.17) is 16.3 Å². The van der Waals surface area contributed by atoms with Crippen molar-refractivity contribution >= 4 is 11.6 Å². The summed E-state index contributed by atoms with van der Waals surface area (Å²) in [5.41, 5.74) is 5.24. The zero-order chi connectivity index (χ0) is 22.1. The molecule has 5 nitrogen and oxygen atoms in total. The first-order valence-corrected chi connectivity index (χ1v) is 11.6. The van der Waals surface area contributed by atoms with Gasteiger partial charge in [-0.2, -0.15) is 5.10 Å². The Labute approximate surface area is 193 Å². The maximum atomic E-state index is 14.3. The lowest BCUT2D eigenvalue weighted by Gasteiger charge is -2.21. The van der Waals surface area contributed by atoms with Crippen LogP contribution >= 0.6 is 11.6 Å². The van der Waals surface area contributed by atoms with Crippen LogP contribution in [0.3, 0.4) is 0 Å². The van der Waals surface area contributed by atoms with Gasteiger partial charge in [0.1, 0.15) is 18.2 Å². The van der Waals surface area contributed by atoms with E-state index in [1.807, 2.05) is 0 Å². The molecule has 3 aromatic rings. The molecule has 0 amide bonds. The number of rotatable bonds is 7. The minimum Gasteiger partial charge on any atom is -0.492 e. The summed E-state index contributed by atoms with van der Waals surface area (Å²) in [4.78, 5) is 4.47. The third-order valence-electron chi connectivity index (χ3n) is 6.17. The third-order valence-corrected chi connectivity index (χ3v) is 6.52. The Bertz CT molecular complexity index is 1080. The average Bonchev–Trinajstić information content (AvgIpc) is 3.54. The molecule has 1 aliphatic carbocycles. The van der Waals surface area contributed by atoms with Crippen molar-refractivity contribution in [1.82, 2.24) is 20.0 Å². The van der Waals surface area contributed by atoms with Gasteiger partial charge in [-0.25, -0.2) is 4.39 Å². The van der Waals surface area contributed by atoms with Gasteiger partial charge in [0.05, 0.1) is 5.69 Å². The highest BCUT2D eigenvalue weighted by atomic mass is 35.5. The fraction of sp³-hybridized carbons (Fsp3) is 0.400. The van der Waals surface area contributed by atoms with Crippen LogP contribution in [-0.2, 0) is 26.2 Å². The number of nitrogens with zero attached hydrogens (tertiary/aromatic N) is 3. The van der Waals surface area contributed by atoms with Crippen molar-refractivity contribution < 1.29 is 9.13 Å². The molecule has 1 N–H and O–H groups in total. The van der Waals surface area contributed by atoms with Crippen molar-refractivity contribution in [2.75, 3.05) is 20.2 Å². The molecular weight excluding hydrogens is 427 g/mol. The van der Waals surface area contributed by atoms with Crippen LogP contribution in [0, 0.1) is 5.82 Å². The number of halogens is 2. The Balaban J connectivity index is 1.25. The van der Waals surface area contributed by atoms with Crippen LogP contribution in [0.5, 0.6) is 5.75 Å². The van der Waals surface area contributed by atoms with Crippen molar-refractivity contribution in [3.8, 4) is 5.75 Å². The van der Waals surface area contributed by atoms with Crippen LogP contribution in [0.2, 0.25) is 5.02 Å². The van der Waals surface area contributed by atoms with E-state index in [9.17, 15) is 4.39 Å². The van der Waals surface area contributed by atoms with Crippen LogP contribution in [0.4, 0.5) is 4.39 Å². The summed E-state index contributed by atoms with van der Waals surface area (Å²) in [6, 6.07) is 13.4. The predicted molar refractivity (Wildman–Crippen MR) is 123 cm³/mol. The van der Waals surface area contributed by atoms with Crippen molar-refractivity contribution in [2.24, 2.45) is 0 Å². The molecule has 0 bridgehead atoms. The fourth-order valence-corrected chi connectivity index (χ4v) is 4.57. The van der Waals surface area contributed by atoms with Gasteiger partial charge in [0.2, 0.25) is 0 Å². The lowest BCUT2D eigenvalue weighted by Crippen LogP contribution is -2.26. The highest BCUT2D eigenvalue weighted by molar-refractivity contribution is 6.31. The highest BCUT2D eigenvalue weighted by Crippen LogP contribution is 2.39. The van der Waals surface area contributed by atoms with E-state index < -0.39 is 0 Å². The standard InChI is InChI=1S/C25H28ClFN4O/c1-30(15-20-12-24(29-28-20)18-6-7-18)13-17-5-8-25-19(11-17)14-31(9-10-32-25)16-21-22(26)3-2-4-23(21)27/h2-5,8,11-12,18H,6-7,9-10,13-16H2,1H3,(H,28,29). The number of hydrogen-bond donors (Lipinski definition) is 1. The van der Waals surface area contributed by atoms with Gasteiger partial charge in [0.25, 0.3) is 0 Å². The molecule has 0 unspecified atom stereocenters. The number of nitrogens with one attached hydrogen (secondary N) is 1. The Kier molecular flexibility index (Phi) is 6.17. The maximum Gasteiger partial charge on any atom is 0.129 e. The molecule has 1 fully saturated rings. The monoisotopic (exact) mass is 454 g/mol. The number of aromatic amines is 1. The molecule has 32 heavy (non-hydrogen) atoms. The Morgan fingerprint density at radius 2 is 2.09 bits per heavy atom. The van der Waals surface area contributed by atoms with E-state index in [-0.39, 0.29) is 5.82 Å². The van der Waals surface area contributed by atoms with E-state index in [1.54, 1.807) is 12.1 Å². The van der Waals surface area contributed by atoms with E-state index in [0.29, 0.717) is 36.2 Å². The van der Waals surface area contributed by atoms with Crippen molar-refractivity contribution in [3.05, 3.63) is 81.4 Å². The first-order chi connectivity index (χ1) is 15.5. The Morgan fingerprint density at radius 1 is 1.22 bits per heavy atom. The molecular formula is C25H28ClFN4O. The lowest BCUT2D eigenvalue weighted by molar-refractivity contribution is 0.217. The molecule has 2 aromatic carbocycles. The zero-order valence-electron chi connectivity index (χ0n) is 18.3. The molecule has 5 rings (SSSR count). The highest BCUT2D eigenvalue weighted by Gasteiger charge is 2.26. The van der Waals surface area contributed by atoms with Gasteiger partial charge in [-0.15, -0.1) is 0 Å². The summed E-state index contributed by atoms with van der Waals surface area (Å²) in [5.74, 6) is 1.31. The normalized spacial score (nSPS) is 16.6. The van der Waals surface area contributed by atoms with Crippen molar-refractivity contribution in [2.45, 2.75) is 44.9 Å². The summed E-state index contributed by atoms with van der Waals surface area (Å²) in [5, 5.41) is 8.10. The molecule has 0 atom stereocenters. The molecule has 1 saturated carbocycles. The lowest BCUT2D eigenvalue weighted by atomic mass is 10.1. The second-order valence-electron chi connectivity index (χ2n) is 8.97. The molecule has 0 saturated heterocycles. The fourth-order valence-electron chi connectivity index (χ4n) is 4.35. The van der Waals surface area contributed by atoms with E-state index in [0.717, 1.165) is 36.6 Å². The number of ether oxygens (including phenoxy) is 1. The number of benzene rings is 2. The molecule has 2 heterocycles. The summed E-state index contributed by atoms with van der Waals surface area (Å²) < 4.78 is 20.3. The van der Waals surface area contributed by atoms with E-state index in [1.165, 1.54) is 30.2 Å². The minimum atomic E-state index is -0.262. The third kappa shape index (κ3) is 4.98. The second kappa shape index (κ2) is 9.22. The van der Waals surface area contributed by atoms with Gasteiger partial charge >= 0.3 is 0 Å². The van der Waals surface area contributed by atoms with Gasteiger partial charge in [-0.3, -0.25) is 14.9 Å². The van der Waals surface area contributed by atoms with Crippen LogP contribution in [0.25, 0.3) is 0 Å². The van der Waals surface area contributed by atoms with Crippen LogP contribution < -0.4 is 4.74 Å². The molecule has 1 aliphatic heterocycles. The van der Waals surface area contributed by atoms with Gasteiger partial charge in [-0.1, -0.05) is 23.7 Å². The first kappa shape index (κ1) is 21.4. The summed E-state index contributed by atoms with van der Waals surface area (Å²) in [6.45, 7) is 4.10. The van der Waals surface area contributed by atoms with Gasteiger partial charge in [0.15, 0.2) is 0 Å². The van der Waals surface area contributed by atoms with E-state index >= 15 is 0 Å². The molecule has 2 aliphatic rings. The van der Waals surface area contributed by atoms with E-state index in [2.05, 4.69) is 51.3 Å².